The van der Waals surface area contributed by atoms with Gasteiger partial charge in [0.25, 0.3) is 5.91 Å². The van der Waals surface area contributed by atoms with Gasteiger partial charge in [0.15, 0.2) is 0 Å². The third-order valence-corrected chi connectivity index (χ3v) is 4.70. The summed E-state index contributed by atoms with van der Waals surface area (Å²) in [5, 5.41) is 2.68. The second-order valence-corrected chi connectivity index (χ2v) is 6.66. The van der Waals surface area contributed by atoms with Crippen LogP contribution in [-0.4, -0.2) is 42.1 Å². The molecule has 26 heavy (non-hydrogen) atoms. The average molecular weight is 354 g/mol. The molecule has 1 saturated carbocycles. The molecule has 5 nitrogen and oxygen atoms in total. The van der Waals surface area contributed by atoms with E-state index in [9.17, 15) is 14.0 Å². The highest BCUT2D eigenvalue weighted by Gasteiger charge is 2.40. The molecule has 1 aliphatic carbocycles. The van der Waals surface area contributed by atoms with Crippen LogP contribution in [0.25, 0.3) is 11.1 Å². The van der Waals surface area contributed by atoms with Crippen molar-refractivity contribution in [3.05, 3.63) is 59.9 Å². The molecule has 2 aromatic rings. The van der Waals surface area contributed by atoms with Crippen LogP contribution in [-0.2, 0) is 4.74 Å². The zero-order valence-corrected chi connectivity index (χ0v) is 14.2. The van der Waals surface area contributed by atoms with Gasteiger partial charge in [0.05, 0.1) is 18.7 Å². The number of cyclic esters (lactones) is 1. The Morgan fingerprint density at radius 3 is 2.65 bits per heavy atom. The quantitative estimate of drug-likeness (QED) is 0.897. The van der Waals surface area contributed by atoms with Gasteiger partial charge in [-0.05, 0) is 36.1 Å². The molecule has 2 fully saturated rings. The minimum atomic E-state index is -0.579. The molecule has 0 aromatic heterocycles. The lowest BCUT2D eigenvalue weighted by atomic mass is 10.0. The fraction of sp³-hybridized carbons (Fsp3) is 0.300. The van der Waals surface area contributed by atoms with E-state index in [0.717, 1.165) is 24.0 Å². The Bertz CT molecular complexity index is 836. The van der Waals surface area contributed by atoms with Gasteiger partial charge < -0.3 is 15.0 Å². The lowest BCUT2D eigenvalue weighted by Crippen LogP contribution is -2.35. The van der Waals surface area contributed by atoms with Crippen molar-refractivity contribution in [3.8, 4) is 11.1 Å². The summed E-state index contributed by atoms with van der Waals surface area (Å²) in [4.78, 5) is 25.9. The van der Waals surface area contributed by atoms with Crippen LogP contribution in [0.5, 0.6) is 0 Å². The molecular weight excluding hydrogens is 335 g/mol. The number of benzene rings is 2. The monoisotopic (exact) mass is 354 g/mol. The van der Waals surface area contributed by atoms with Crippen LogP contribution in [0.1, 0.15) is 23.2 Å². The van der Waals surface area contributed by atoms with E-state index in [1.54, 1.807) is 11.0 Å². The number of nitrogens with one attached hydrogen (secondary N) is 1. The predicted molar refractivity (Wildman–Crippen MR) is 94.2 cm³/mol. The maximum absolute atomic E-state index is 14.1. The summed E-state index contributed by atoms with van der Waals surface area (Å²) in [5.41, 5.74) is 1.66. The Balaban J connectivity index is 1.42. The molecule has 1 atom stereocenters. The standard InChI is InChI=1S/C20H19FN2O3/c21-18-9-6-14(13-4-2-1-3-5-13)10-17(18)19(24)22-11-16-12-23(15-7-8-15)20(25)26-16/h1-6,9-10,15-16H,7-8,11-12H2,(H,22,24). The van der Waals surface area contributed by atoms with Gasteiger partial charge in [-0.3, -0.25) is 4.79 Å². The second-order valence-electron chi connectivity index (χ2n) is 6.66. The molecule has 0 bridgehead atoms. The van der Waals surface area contributed by atoms with Crippen molar-refractivity contribution in [2.75, 3.05) is 13.1 Å². The summed E-state index contributed by atoms with van der Waals surface area (Å²) in [6, 6.07) is 14.2. The largest absolute Gasteiger partial charge is 0.442 e. The topological polar surface area (TPSA) is 58.6 Å². The number of carbonyl (C=O) groups is 2. The van der Waals surface area contributed by atoms with Crippen LogP contribution in [0.3, 0.4) is 0 Å². The van der Waals surface area contributed by atoms with Gasteiger partial charge in [0.1, 0.15) is 11.9 Å². The van der Waals surface area contributed by atoms with Crippen molar-refractivity contribution in [2.24, 2.45) is 0 Å². The zero-order valence-electron chi connectivity index (χ0n) is 14.2. The molecule has 2 amide bonds. The highest BCUT2D eigenvalue weighted by Crippen LogP contribution is 2.30. The van der Waals surface area contributed by atoms with Crippen molar-refractivity contribution >= 4 is 12.0 Å². The summed E-state index contributed by atoms with van der Waals surface area (Å²) in [6.45, 7) is 0.638. The van der Waals surface area contributed by atoms with Crippen LogP contribution in [0, 0.1) is 5.82 Å². The first-order valence-corrected chi connectivity index (χ1v) is 8.72. The molecule has 6 heteroatoms. The van der Waals surface area contributed by atoms with Crippen molar-refractivity contribution in [1.29, 1.82) is 0 Å². The number of nitrogens with zero attached hydrogens (tertiary/aromatic N) is 1. The van der Waals surface area contributed by atoms with Crippen molar-refractivity contribution in [2.45, 2.75) is 25.0 Å². The lowest BCUT2D eigenvalue weighted by Gasteiger charge is -2.12. The Kier molecular flexibility index (Phi) is 4.32. The average Bonchev–Trinajstić information content (AvgIpc) is 3.43. The minimum absolute atomic E-state index is 0.0188. The molecule has 1 unspecified atom stereocenters. The molecule has 2 aliphatic rings. The van der Waals surface area contributed by atoms with Crippen molar-refractivity contribution < 1.29 is 18.7 Å². The minimum Gasteiger partial charge on any atom is -0.442 e. The number of hydrogen-bond donors (Lipinski definition) is 1. The third kappa shape index (κ3) is 3.40. The van der Waals surface area contributed by atoms with Crippen LogP contribution in [0.2, 0.25) is 0 Å². The van der Waals surface area contributed by atoms with Gasteiger partial charge in [-0.15, -0.1) is 0 Å². The number of carbonyl (C=O) groups excluding carboxylic acids is 2. The Hall–Kier alpha value is -2.89. The van der Waals surface area contributed by atoms with Gasteiger partial charge in [0.2, 0.25) is 0 Å². The first-order valence-electron chi connectivity index (χ1n) is 8.72. The first kappa shape index (κ1) is 16.6. The van der Waals surface area contributed by atoms with Crippen LogP contribution in [0.15, 0.2) is 48.5 Å². The summed E-state index contributed by atoms with van der Waals surface area (Å²) in [7, 11) is 0. The van der Waals surface area contributed by atoms with E-state index in [1.165, 1.54) is 12.1 Å². The molecule has 2 aromatic carbocycles. The highest BCUT2D eigenvalue weighted by molar-refractivity contribution is 5.95. The summed E-state index contributed by atoms with van der Waals surface area (Å²) < 4.78 is 19.4. The van der Waals surface area contributed by atoms with Gasteiger partial charge >= 0.3 is 6.09 Å². The number of rotatable bonds is 5. The fourth-order valence-electron chi connectivity index (χ4n) is 3.14. The summed E-state index contributed by atoms with van der Waals surface area (Å²) in [6.07, 6.45) is 1.29. The third-order valence-electron chi connectivity index (χ3n) is 4.70. The Labute approximate surface area is 150 Å². The number of amides is 2. The van der Waals surface area contributed by atoms with E-state index in [2.05, 4.69) is 5.32 Å². The molecule has 0 spiro atoms. The zero-order chi connectivity index (χ0) is 18.1. The first-order chi connectivity index (χ1) is 12.6. The summed E-state index contributed by atoms with van der Waals surface area (Å²) in [5.74, 6) is -1.09. The van der Waals surface area contributed by atoms with E-state index in [0.29, 0.717) is 6.54 Å². The number of ether oxygens (including phenoxy) is 1. The van der Waals surface area contributed by atoms with Crippen molar-refractivity contribution in [3.63, 3.8) is 0 Å². The smallest absolute Gasteiger partial charge is 0.410 e. The lowest BCUT2D eigenvalue weighted by molar-refractivity contribution is 0.0910. The SMILES string of the molecule is O=C(NCC1CN(C2CC2)C(=O)O1)c1cc(-c2ccccc2)ccc1F. The van der Waals surface area contributed by atoms with Crippen LogP contribution < -0.4 is 5.32 Å². The van der Waals surface area contributed by atoms with Crippen LogP contribution >= 0.6 is 0 Å². The molecule has 1 N–H and O–H groups in total. The molecule has 1 aliphatic heterocycles. The van der Waals surface area contributed by atoms with E-state index in [4.69, 9.17) is 4.74 Å². The molecule has 4 rings (SSSR count). The fourth-order valence-corrected chi connectivity index (χ4v) is 3.14. The normalized spacial score (nSPS) is 19.3. The highest BCUT2D eigenvalue weighted by atomic mass is 19.1. The van der Waals surface area contributed by atoms with Gasteiger partial charge in [-0.2, -0.15) is 0 Å². The molecule has 1 heterocycles. The number of hydrogen-bond acceptors (Lipinski definition) is 3. The second kappa shape index (κ2) is 6.78. The van der Waals surface area contributed by atoms with E-state index in [-0.39, 0.29) is 24.2 Å². The molecule has 1 saturated heterocycles. The van der Waals surface area contributed by atoms with Gasteiger partial charge in [-0.1, -0.05) is 36.4 Å². The Morgan fingerprint density at radius 1 is 1.15 bits per heavy atom. The number of halogens is 1. The molecular formula is C20H19FN2O3. The maximum atomic E-state index is 14.1. The molecule has 0 radical (unpaired) electrons. The van der Waals surface area contributed by atoms with E-state index in [1.807, 2.05) is 30.3 Å². The Morgan fingerprint density at radius 2 is 1.92 bits per heavy atom. The molecule has 134 valence electrons. The van der Waals surface area contributed by atoms with Crippen LogP contribution in [0.4, 0.5) is 9.18 Å². The van der Waals surface area contributed by atoms with Gasteiger partial charge in [-0.25, -0.2) is 9.18 Å². The van der Waals surface area contributed by atoms with Gasteiger partial charge in [0, 0.05) is 6.04 Å². The maximum Gasteiger partial charge on any atom is 0.410 e. The van der Waals surface area contributed by atoms with Crippen molar-refractivity contribution in [1.82, 2.24) is 10.2 Å². The van der Waals surface area contributed by atoms with E-state index < -0.39 is 17.8 Å². The van der Waals surface area contributed by atoms with E-state index >= 15 is 0 Å². The predicted octanol–water partition coefficient (Wildman–Crippen LogP) is 3.21. The summed E-state index contributed by atoms with van der Waals surface area (Å²) >= 11 is 0.